The third-order valence-electron chi connectivity index (χ3n) is 2.69. The molecule has 1 aromatic heterocycles. The number of hydrogen-bond donors (Lipinski definition) is 1. The van der Waals surface area contributed by atoms with Crippen LogP contribution in [0.5, 0.6) is 0 Å². The SMILES string of the molecule is O=C(CSc1ncccc1C(=O)O)Cc1ccc(F)cc1. The minimum absolute atomic E-state index is 0.0754. The largest absolute Gasteiger partial charge is 0.478 e. The van der Waals surface area contributed by atoms with Crippen molar-refractivity contribution in [2.24, 2.45) is 0 Å². The van der Waals surface area contributed by atoms with E-state index in [0.717, 1.165) is 17.3 Å². The van der Waals surface area contributed by atoms with Crippen molar-refractivity contribution in [1.82, 2.24) is 4.98 Å². The maximum absolute atomic E-state index is 12.8. The summed E-state index contributed by atoms with van der Waals surface area (Å²) in [5, 5.41) is 9.34. The van der Waals surface area contributed by atoms with Crippen LogP contribution in [-0.2, 0) is 11.2 Å². The second-order valence-electron chi connectivity index (χ2n) is 4.29. The Hall–Kier alpha value is -2.21. The van der Waals surface area contributed by atoms with Gasteiger partial charge in [-0.25, -0.2) is 14.2 Å². The highest BCUT2D eigenvalue weighted by molar-refractivity contribution is 8.00. The maximum atomic E-state index is 12.8. The van der Waals surface area contributed by atoms with Crippen LogP contribution in [0.2, 0.25) is 0 Å². The molecule has 6 heteroatoms. The summed E-state index contributed by atoms with van der Waals surface area (Å²) in [5.41, 5.74) is 0.804. The number of halogens is 1. The van der Waals surface area contributed by atoms with Gasteiger partial charge in [0.15, 0.2) is 0 Å². The Kier molecular flexibility index (Phi) is 5.05. The van der Waals surface area contributed by atoms with Crippen molar-refractivity contribution in [2.75, 3.05) is 5.75 Å². The molecule has 0 saturated carbocycles. The number of carboxylic acids is 1. The van der Waals surface area contributed by atoms with Crippen molar-refractivity contribution in [3.63, 3.8) is 0 Å². The fraction of sp³-hybridized carbons (Fsp3) is 0.133. The third-order valence-corrected chi connectivity index (χ3v) is 3.75. The summed E-state index contributed by atoms with van der Waals surface area (Å²) in [6, 6.07) is 8.70. The number of hydrogen-bond acceptors (Lipinski definition) is 4. The van der Waals surface area contributed by atoms with Gasteiger partial charge in [-0.1, -0.05) is 23.9 Å². The van der Waals surface area contributed by atoms with E-state index in [1.807, 2.05) is 0 Å². The monoisotopic (exact) mass is 305 g/mol. The first-order valence-electron chi connectivity index (χ1n) is 6.13. The number of thioether (sulfide) groups is 1. The number of carboxylic acid groups (broad SMARTS) is 1. The van der Waals surface area contributed by atoms with Gasteiger partial charge >= 0.3 is 5.97 Å². The lowest BCUT2D eigenvalue weighted by molar-refractivity contribution is -0.116. The number of aromatic carboxylic acids is 1. The Labute approximate surface area is 125 Å². The second kappa shape index (κ2) is 6.99. The zero-order chi connectivity index (χ0) is 15.2. The normalized spacial score (nSPS) is 10.3. The number of benzene rings is 1. The van der Waals surface area contributed by atoms with E-state index in [1.165, 1.54) is 30.5 Å². The molecule has 21 heavy (non-hydrogen) atoms. The topological polar surface area (TPSA) is 67.3 Å². The summed E-state index contributed by atoms with van der Waals surface area (Å²) in [4.78, 5) is 26.8. The highest BCUT2D eigenvalue weighted by atomic mass is 32.2. The van der Waals surface area contributed by atoms with Crippen LogP contribution in [-0.4, -0.2) is 27.6 Å². The second-order valence-corrected chi connectivity index (χ2v) is 5.26. The van der Waals surface area contributed by atoms with Crippen molar-refractivity contribution in [3.05, 3.63) is 59.5 Å². The van der Waals surface area contributed by atoms with Gasteiger partial charge in [0.25, 0.3) is 0 Å². The molecule has 0 radical (unpaired) electrons. The summed E-state index contributed by atoms with van der Waals surface area (Å²) < 4.78 is 12.8. The lowest BCUT2D eigenvalue weighted by Crippen LogP contribution is -2.07. The lowest BCUT2D eigenvalue weighted by atomic mass is 10.1. The van der Waals surface area contributed by atoms with Crippen LogP contribution in [0.25, 0.3) is 0 Å². The van der Waals surface area contributed by atoms with Crippen LogP contribution < -0.4 is 0 Å². The van der Waals surface area contributed by atoms with Crippen LogP contribution in [0, 0.1) is 5.82 Å². The molecule has 2 aromatic rings. The number of ketones is 1. The molecule has 0 aliphatic carbocycles. The predicted molar refractivity (Wildman–Crippen MR) is 77.0 cm³/mol. The molecule has 108 valence electrons. The molecule has 1 N–H and O–H groups in total. The first-order chi connectivity index (χ1) is 10.1. The predicted octanol–water partition coefficient (Wildman–Crippen LogP) is 2.82. The molecular weight excluding hydrogens is 293 g/mol. The molecule has 0 bridgehead atoms. The zero-order valence-electron chi connectivity index (χ0n) is 11.0. The van der Waals surface area contributed by atoms with E-state index >= 15 is 0 Å². The van der Waals surface area contributed by atoms with Gasteiger partial charge in [0.1, 0.15) is 16.6 Å². The van der Waals surface area contributed by atoms with Gasteiger partial charge in [-0.3, -0.25) is 4.79 Å². The standard InChI is InChI=1S/C15H12FNO3S/c16-11-5-3-10(4-6-11)8-12(18)9-21-14-13(15(19)20)2-1-7-17-14/h1-7H,8-9H2,(H,19,20). The molecule has 0 fully saturated rings. The maximum Gasteiger partial charge on any atom is 0.338 e. The minimum atomic E-state index is -1.07. The van der Waals surface area contributed by atoms with Crippen molar-refractivity contribution in [2.45, 2.75) is 11.4 Å². The number of nitrogens with zero attached hydrogens (tertiary/aromatic N) is 1. The molecule has 0 unspecified atom stereocenters. The number of aromatic nitrogens is 1. The van der Waals surface area contributed by atoms with E-state index in [2.05, 4.69) is 4.98 Å². The Balaban J connectivity index is 1.95. The zero-order valence-corrected chi connectivity index (χ0v) is 11.8. The Bertz CT molecular complexity index is 658. The number of carbonyl (C=O) groups excluding carboxylic acids is 1. The number of rotatable bonds is 6. The first-order valence-corrected chi connectivity index (χ1v) is 7.12. The smallest absolute Gasteiger partial charge is 0.338 e. The molecule has 0 amide bonds. The Morgan fingerprint density at radius 3 is 2.57 bits per heavy atom. The fourth-order valence-electron chi connectivity index (χ4n) is 1.70. The third kappa shape index (κ3) is 4.39. The van der Waals surface area contributed by atoms with Crippen LogP contribution >= 0.6 is 11.8 Å². The van der Waals surface area contributed by atoms with Gasteiger partial charge in [-0.2, -0.15) is 0 Å². The van der Waals surface area contributed by atoms with E-state index in [1.54, 1.807) is 12.1 Å². The quantitative estimate of drug-likeness (QED) is 0.831. The van der Waals surface area contributed by atoms with Crippen molar-refractivity contribution >= 4 is 23.5 Å². The Morgan fingerprint density at radius 2 is 1.90 bits per heavy atom. The molecule has 0 saturated heterocycles. The molecule has 1 aromatic carbocycles. The molecule has 4 nitrogen and oxygen atoms in total. The number of Topliss-reactive ketones (excluding diaryl/α,β-unsaturated/α-hetero) is 1. The summed E-state index contributed by atoms with van der Waals surface area (Å²) in [6.07, 6.45) is 1.67. The highest BCUT2D eigenvalue weighted by Crippen LogP contribution is 2.20. The average Bonchev–Trinajstić information content (AvgIpc) is 2.48. The molecule has 0 aliphatic rings. The van der Waals surface area contributed by atoms with E-state index in [9.17, 15) is 14.0 Å². The van der Waals surface area contributed by atoms with Gasteiger partial charge < -0.3 is 5.11 Å². The van der Waals surface area contributed by atoms with E-state index in [0.29, 0.717) is 5.03 Å². The first kappa shape index (κ1) is 15.2. The van der Waals surface area contributed by atoms with Gasteiger partial charge in [-0.05, 0) is 29.8 Å². The van der Waals surface area contributed by atoms with Gasteiger partial charge in [0.05, 0.1) is 11.3 Å². The number of pyridine rings is 1. The molecule has 0 spiro atoms. The van der Waals surface area contributed by atoms with Gasteiger partial charge in [-0.15, -0.1) is 0 Å². The molecule has 0 atom stereocenters. The van der Waals surface area contributed by atoms with Crippen LogP contribution in [0.3, 0.4) is 0 Å². The number of carbonyl (C=O) groups is 2. The fourth-order valence-corrected chi connectivity index (χ4v) is 2.54. The van der Waals surface area contributed by atoms with Crippen molar-refractivity contribution in [3.8, 4) is 0 Å². The summed E-state index contributed by atoms with van der Waals surface area (Å²) in [5.74, 6) is -1.38. The summed E-state index contributed by atoms with van der Waals surface area (Å²) >= 11 is 1.09. The van der Waals surface area contributed by atoms with Gasteiger partial charge in [0.2, 0.25) is 0 Å². The summed E-state index contributed by atoms with van der Waals surface area (Å²) in [7, 11) is 0. The van der Waals surface area contributed by atoms with Crippen molar-refractivity contribution < 1.29 is 19.1 Å². The van der Waals surface area contributed by atoms with Crippen LogP contribution in [0.1, 0.15) is 15.9 Å². The van der Waals surface area contributed by atoms with E-state index < -0.39 is 5.97 Å². The Morgan fingerprint density at radius 1 is 1.19 bits per heavy atom. The molecule has 0 aliphatic heterocycles. The van der Waals surface area contributed by atoms with Crippen molar-refractivity contribution in [1.29, 1.82) is 0 Å². The molecule has 1 heterocycles. The van der Waals surface area contributed by atoms with E-state index in [4.69, 9.17) is 5.11 Å². The highest BCUT2D eigenvalue weighted by Gasteiger charge is 2.13. The van der Waals surface area contributed by atoms with E-state index in [-0.39, 0.29) is 29.3 Å². The summed E-state index contributed by atoms with van der Waals surface area (Å²) in [6.45, 7) is 0. The van der Waals surface area contributed by atoms with Crippen LogP contribution in [0.15, 0.2) is 47.6 Å². The lowest BCUT2D eigenvalue weighted by Gasteiger charge is -2.04. The molecular formula is C15H12FNO3S. The van der Waals surface area contributed by atoms with Gasteiger partial charge in [0, 0.05) is 12.6 Å². The van der Waals surface area contributed by atoms with Crippen LogP contribution in [0.4, 0.5) is 4.39 Å². The minimum Gasteiger partial charge on any atom is -0.478 e. The molecule has 2 rings (SSSR count). The average molecular weight is 305 g/mol.